The van der Waals surface area contributed by atoms with E-state index in [0.29, 0.717) is 36.8 Å². The summed E-state index contributed by atoms with van der Waals surface area (Å²) in [5.74, 6) is -3.76. The zero-order valence-corrected chi connectivity index (χ0v) is 32.2. The van der Waals surface area contributed by atoms with Crippen LogP contribution in [-0.2, 0) is 48.0 Å². The molecule has 0 aliphatic carbocycles. The zero-order chi connectivity index (χ0) is 40.9. The van der Waals surface area contributed by atoms with Crippen molar-refractivity contribution in [3.8, 4) is 6.07 Å². The number of benzene rings is 3. The molecule has 7 N–H and O–H groups in total. The minimum Gasteiger partial charge on any atom is -0.480 e. The summed E-state index contributed by atoms with van der Waals surface area (Å²) in [6.07, 6.45) is 4.68. The number of aliphatic carboxylic acids is 1. The maximum atomic E-state index is 13.4. The number of nitrogens with two attached hydrogens (primary N) is 1. The number of carbonyl (C=O) groups excluding carboxylic acids is 5. The Hall–Kier alpha value is -6.03. The number of amides is 5. The lowest BCUT2D eigenvalue weighted by Crippen LogP contribution is -2.55. The van der Waals surface area contributed by atoms with E-state index < -0.39 is 47.9 Å². The Kier molecular flexibility index (Phi) is 18.8. The van der Waals surface area contributed by atoms with Crippen LogP contribution in [0.4, 0.5) is 0 Å². The van der Waals surface area contributed by atoms with Crippen molar-refractivity contribution in [2.45, 2.75) is 109 Å². The molecule has 298 valence electrons. The van der Waals surface area contributed by atoms with Crippen LogP contribution in [0.25, 0.3) is 0 Å². The van der Waals surface area contributed by atoms with Gasteiger partial charge in [0.1, 0.15) is 24.2 Å². The van der Waals surface area contributed by atoms with Crippen LogP contribution in [0.5, 0.6) is 0 Å². The quantitative estimate of drug-likeness (QED) is 0.0733. The highest BCUT2D eigenvalue weighted by Gasteiger charge is 2.30. The topological polar surface area (TPSA) is 221 Å². The second-order valence-electron chi connectivity index (χ2n) is 14.1. The van der Waals surface area contributed by atoms with Gasteiger partial charge in [-0.15, -0.1) is 0 Å². The van der Waals surface area contributed by atoms with E-state index in [1.165, 1.54) is 0 Å². The Morgan fingerprint density at radius 2 is 1.09 bits per heavy atom. The number of carboxylic acid groups (broad SMARTS) is 1. The summed E-state index contributed by atoms with van der Waals surface area (Å²) < 4.78 is 0. The molecule has 3 aromatic rings. The third-order valence-corrected chi connectivity index (χ3v) is 9.63. The lowest BCUT2D eigenvalue weighted by Gasteiger charge is -2.26. The third kappa shape index (κ3) is 15.8. The molecule has 0 fully saturated rings. The van der Waals surface area contributed by atoms with Gasteiger partial charge in [-0.2, -0.15) is 5.26 Å². The van der Waals surface area contributed by atoms with Crippen molar-refractivity contribution in [2.75, 3.05) is 0 Å². The van der Waals surface area contributed by atoms with Gasteiger partial charge in [-0.3, -0.25) is 24.0 Å². The molecule has 3 rings (SSSR count). The number of nitriles is 1. The molecule has 0 saturated carbocycles. The average Bonchev–Trinajstić information content (AvgIpc) is 3.19. The largest absolute Gasteiger partial charge is 0.480 e. The van der Waals surface area contributed by atoms with E-state index in [-0.39, 0.29) is 49.8 Å². The first-order chi connectivity index (χ1) is 26.9. The van der Waals surface area contributed by atoms with Crippen molar-refractivity contribution in [3.05, 3.63) is 107 Å². The molecule has 0 radical (unpaired) electrons. The predicted octanol–water partition coefficient (Wildman–Crippen LogP) is 3.87. The molecule has 0 spiro atoms. The SMILES string of the molecule is CC[C@@H](C)[C@H](NC(=O)CCCCCCCC(=O)N[C@@H](Cc1ccc(C#N)cc1)C(=O)N[C@@H](Cc1ccccc1)C(=O)O)C(=O)N[C@@H](Cc1ccccc1)C(N)=O. The van der Waals surface area contributed by atoms with Crippen LogP contribution in [-0.4, -0.2) is 64.8 Å². The van der Waals surface area contributed by atoms with Gasteiger partial charge >= 0.3 is 5.97 Å². The molecule has 5 atom stereocenters. The summed E-state index contributed by atoms with van der Waals surface area (Å²) in [5.41, 5.74) is 8.31. The molecule has 0 aliphatic rings. The van der Waals surface area contributed by atoms with Crippen LogP contribution in [0, 0.1) is 17.2 Å². The fourth-order valence-electron chi connectivity index (χ4n) is 6.13. The van der Waals surface area contributed by atoms with Gasteiger partial charge in [0, 0.05) is 32.1 Å². The summed E-state index contributed by atoms with van der Waals surface area (Å²) >= 11 is 0. The van der Waals surface area contributed by atoms with Crippen molar-refractivity contribution in [3.63, 3.8) is 0 Å². The van der Waals surface area contributed by atoms with Gasteiger partial charge in [0.2, 0.25) is 29.5 Å². The first-order valence-corrected chi connectivity index (χ1v) is 19.2. The number of hydrogen-bond donors (Lipinski definition) is 6. The van der Waals surface area contributed by atoms with Gasteiger partial charge in [-0.05, 0) is 47.6 Å². The lowest BCUT2D eigenvalue weighted by molar-refractivity contribution is -0.142. The van der Waals surface area contributed by atoms with Crippen LogP contribution >= 0.6 is 0 Å². The van der Waals surface area contributed by atoms with E-state index >= 15 is 0 Å². The van der Waals surface area contributed by atoms with E-state index in [1.54, 1.807) is 48.5 Å². The van der Waals surface area contributed by atoms with Gasteiger partial charge < -0.3 is 32.1 Å². The van der Waals surface area contributed by atoms with Crippen LogP contribution in [0.1, 0.15) is 87.5 Å². The van der Waals surface area contributed by atoms with E-state index in [4.69, 9.17) is 11.0 Å². The van der Waals surface area contributed by atoms with Crippen LogP contribution < -0.4 is 27.0 Å². The van der Waals surface area contributed by atoms with Crippen molar-refractivity contribution >= 4 is 35.5 Å². The summed E-state index contributed by atoms with van der Waals surface area (Å²) in [4.78, 5) is 76.7. The number of unbranched alkanes of at least 4 members (excludes halogenated alkanes) is 4. The molecule has 56 heavy (non-hydrogen) atoms. The maximum absolute atomic E-state index is 13.4. The summed E-state index contributed by atoms with van der Waals surface area (Å²) in [7, 11) is 0. The molecule has 13 heteroatoms. The number of nitrogens with one attached hydrogen (secondary N) is 4. The van der Waals surface area contributed by atoms with Gasteiger partial charge in [0.25, 0.3) is 0 Å². The number of hydrogen-bond acceptors (Lipinski definition) is 7. The Labute approximate surface area is 328 Å². The molecule has 3 aromatic carbocycles. The number of rotatable bonds is 24. The highest BCUT2D eigenvalue weighted by molar-refractivity contribution is 5.92. The van der Waals surface area contributed by atoms with Crippen molar-refractivity contribution in [2.24, 2.45) is 11.7 Å². The summed E-state index contributed by atoms with van der Waals surface area (Å²) in [5, 5.41) is 29.9. The maximum Gasteiger partial charge on any atom is 0.326 e. The first kappa shape index (κ1) is 44.4. The Morgan fingerprint density at radius 1 is 0.625 bits per heavy atom. The molecule has 0 aliphatic heterocycles. The fourth-order valence-corrected chi connectivity index (χ4v) is 6.13. The highest BCUT2D eigenvalue weighted by Crippen LogP contribution is 2.13. The van der Waals surface area contributed by atoms with E-state index in [9.17, 15) is 33.9 Å². The molecule has 0 aromatic heterocycles. The second kappa shape index (κ2) is 23.7. The van der Waals surface area contributed by atoms with Crippen LogP contribution in [0.3, 0.4) is 0 Å². The Morgan fingerprint density at radius 3 is 1.59 bits per heavy atom. The van der Waals surface area contributed by atoms with Crippen LogP contribution in [0.15, 0.2) is 84.9 Å². The Bertz CT molecular complexity index is 1780. The fraction of sp³-hybridized carbons (Fsp3) is 0.419. The predicted molar refractivity (Wildman–Crippen MR) is 211 cm³/mol. The Balaban J connectivity index is 1.46. The van der Waals surface area contributed by atoms with Gasteiger partial charge in [0.15, 0.2) is 0 Å². The second-order valence-corrected chi connectivity index (χ2v) is 14.1. The molecule has 13 nitrogen and oxygen atoms in total. The minimum atomic E-state index is -1.20. The first-order valence-electron chi connectivity index (χ1n) is 19.2. The number of primary amides is 1. The highest BCUT2D eigenvalue weighted by atomic mass is 16.4. The van der Waals surface area contributed by atoms with Crippen molar-refractivity contribution < 1.29 is 33.9 Å². The lowest BCUT2D eigenvalue weighted by atomic mass is 9.97. The van der Waals surface area contributed by atoms with Crippen molar-refractivity contribution in [1.29, 1.82) is 5.26 Å². The molecule has 0 heterocycles. The third-order valence-electron chi connectivity index (χ3n) is 9.63. The molecular weight excluding hydrogens is 713 g/mol. The normalized spacial score (nSPS) is 13.4. The van der Waals surface area contributed by atoms with Crippen molar-refractivity contribution in [1.82, 2.24) is 21.3 Å². The standard InChI is InChI=1S/C43H54N6O7/c1-3-29(2)39(42(54)47-34(40(45)52)25-30-15-9-7-10-16-30)49-38(51)20-14-6-4-5-13-19-37(50)46-35(26-32-21-23-33(28-44)24-22-32)41(53)48-36(43(55)56)27-31-17-11-8-12-18-31/h7-12,15-18,21-24,29,34-36,39H,3-6,13-14,19-20,25-27H2,1-2H3,(H2,45,52)(H,46,50)(H,47,54)(H,48,53)(H,49,51)(H,55,56)/t29-,34+,35+,36+,39+/m1/s1. The van der Waals surface area contributed by atoms with Gasteiger partial charge in [-0.25, -0.2) is 4.79 Å². The van der Waals surface area contributed by atoms with E-state index in [0.717, 1.165) is 24.0 Å². The molecule has 0 saturated heterocycles. The number of carbonyl (C=O) groups is 6. The van der Waals surface area contributed by atoms with E-state index in [2.05, 4.69) is 21.3 Å². The zero-order valence-electron chi connectivity index (χ0n) is 32.2. The molecule has 0 bridgehead atoms. The van der Waals surface area contributed by atoms with Gasteiger partial charge in [-0.1, -0.05) is 112 Å². The monoisotopic (exact) mass is 766 g/mol. The van der Waals surface area contributed by atoms with E-state index in [1.807, 2.05) is 56.3 Å². The smallest absolute Gasteiger partial charge is 0.326 e. The average molecular weight is 767 g/mol. The molecular formula is C43H54N6O7. The molecule has 0 unspecified atom stereocenters. The summed E-state index contributed by atoms with van der Waals surface area (Å²) in [6, 6.07) is 22.8. The number of nitrogens with zero attached hydrogens (tertiary/aromatic N) is 1. The number of carboxylic acids is 1. The minimum absolute atomic E-state index is 0.0709. The molecule has 5 amide bonds. The summed E-state index contributed by atoms with van der Waals surface area (Å²) in [6.45, 7) is 3.77. The van der Waals surface area contributed by atoms with Crippen LogP contribution in [0.2, 0.25) is 0 Å². The van der Waals surface area contributed by atoms with Gasteiger partial charge in [0.05, 0.1) is 11.6 Å².